The summed E-state index contributed by atoms with van der Waals surface area (Å²) in [4.78, 5) is 4.38. The van der Waals surface area contributed by atoms with E-state index in [-0.39, 0.29) is 18.0 Å². The maximum absolute atomic E-state index is 12.2. The molecule has 1 aliphatic carbocycles. The number of rotatable bonds is 2. The topological polar surface area (TPSA) is 107 Å². The summed E-state index contributed by atoms with van der Waals surface area (Å²) in [7, 11) is 1.00. The van der Waals surface area contributed by atoms with E-state index in [0.29, 0.717) is 21.9 Å². The molecule has 1 saturated carbocycles. The first kappa shape index (κ1) is 22.3. The minimum atomic E-state index is -1.82. The van der Waals surface area contributed by atoms with Crippen molar-refractivity contribution >= 4 is 11.6 Å². The maximum atomic E-state index is 12.2. The Balaban J connectivity index is 0.00000119. The minimum absolute atomic E-state index is 0.261. The highest BCUT2D eigenvalue weighted by atomic mass is 35.5. The molecule has 4 atom stereocenters. The molecule has 0 bridgehead atoms. The molecule has 1 aliphatic heterocycles. The highest BCUT2D eigenvalue weighted by Crippen LogP contribution is 2.69. The van der Waals surface area contributed by atoms with E-state index < -0.39 is 16.8 Å². The van der Waals surface area contributed by atoms with Gasteiger partial charge in [-0.1, -0.05) is 54.1 Å². The second-order valence-corrected chi connectivity index (χ2v) is 8.62. The smallest absolute Gasteiger partial charge is 0.183 e. The SMILES string of the molecule is CO.C[C@]1(O)CC(c2ccccc2)C2(c3ccc(C#N)cc3)Oc3cc(Cl)cnc3C21O. The summed E-state index contributed by atoms with van der Waals surface area (Å²) in [6, 6.07) is 20.3. The molecule has 2 aromatic carbocycles. The summed E-state index contributed by atoms with van der Waals surface area (Å²) in [6.07, 6.45) is 1.71. The van der Waals surface area contributed by atoms with Crippen LogP contribution in [0.3, 0.4) is 0 Å². The average molecular weight is 451 g/mol. The number of pyridine rings is 1. The third-order valence-corrected chi connectivity index (χ3v) is 6.69. The molecule has 3 N–H and O–H groups in total. The zero-order chi connectivity index (χ0) is 23.1. The number of hydrogen-bond donors (Lipinski definition) is 3. The van der Waals surface area contributed by atoms with Gasteiger partial charge in [-0.2, -0.15) is 5.26 Å². The molecule has 2 heterocycles. The van der Waals surface area contributed by atoms with Crippen molar-refractivity contribution < 1.29 is 20.1 Å². The van der Waals surface area contributed by atoms with Crippen molar-refractivity contribution in [2.24, 2.45) is 0 Å². The van der Waals surface area contributed by atoms with Crippen LogP contribution < -0.4 is 4.74 Å². The van der Waals surface area contributed by atoms with Gasteiger partial charge in [-0.05, 0) is 36.6 Å². The number of aliphatic hydroxyl groups excluding tert-OH is 1. The highest BCUT2D eigenvalue weighted by Gasteiger charge is 2.77. The fourth-order valence-corrected chi connectivity index (χ4v) is 5.31. The van der Waals surface area contributed by atoms with E-state index in [1.807, 2.05) is 30.3 Å². The van der Waals surface area contributed by atoms with Crippen LogP contribution in [0.15, 0.2) is 66.9 Å². The van der Waals surface area contributed by atoms with E-state index in [1.165, 1.54) is 6.20 Å². The van der Waals surface area contributed by atoms with Crippen molar-refractivity contribution in [1.29, 1.82) is 5.26 Å². The van der Waals surface area contributed by atoms with Crippen molar-refractivity contribution in [2.75, 3.05) is 7.11 Å². The van der Waals surface area contributed by atoms with Gasteiger partial charge in [0.25, 0.3) is 0 Å². The Bertz CT molecular complexity index is 1180. The lowest BCUT2D eigenvalue weighted by Gasteiger charge is -2.42. The molecule has 5 rings (SSSR count). The minimum Gasteiger partial charge on any atom is -0.476 e. The molecule has 7 heteroatoms. The van der Waals surface area contributed by atoms with Crippen LogP contribution in [0.25, 0.3) is 0 Å². The Labute approximate surface area is 191 Å². The van der Waals surface area contributed by atoms with E-state index in [4.69, 9.17) is 21.4 Å². The van der Waals surface area contributed by atoms with Crippen molar-refractivity contribution in [2.45, 2.75) is 36.1 Å². The van der Waals surface area contributed by atoms with Gasteiger partial charge in [-0.15, -0.1) is 0 Å². The molecule has 164 valence electrons. The lowest BCUT2D eigenvalue weighted by atomic mass is 9.70. The number of benzene rings is 2. The predicted octanol–water partition coefficient (Wildman–Crippen LogP) is 3.63. The van der Waals surface area contributed by atoms with E-state index in [0.717, 1.165) is 12.7 Å². The van der Waals surface area contributed by atoms with Gasteiger partial charge in [0.1, 0.15) is 17.0 Å². The molecule has 1 fully saturated rings. The third kappa shape index (κ3) is 2.86. The number of aromatic nitrogens is 1. The lowest BCUT2D eigenvalue weighted by molar-refractivity contribution is -0.191. The summed E-state index contributed by atoms with van der Waals surface area (Å²) in [5.41, 5.74) is -2.36. The standard InChI is InChI=1S/C24H19ClN2O3.CH4O/c1-22(28)12-19(16-5-3-2-4-6-16)23(17-9-7-15(13-26)8-10-17)24(22,29)21-20(30-23)11-18(25)14-27-21;1-2/h2-11,14,19,28-29H,12H2,1H3;2H,1H3/t19?,22-,23?,24?;/m0./s1. The largest absolute Gasteiger partial charge is 0.476 e. The molecule has 0 amide bonds. The van der Waals surface area contributed by atoms with Crippen molar-refractivity contribution in [3.8, 4) is 11.8 Å². The summed E-state index contributed by atoms with van der Waals surface area (Å²) in [5, 5.41) is 40.4. The Kier molecular flexibility index (Phi) is 5.48. The predicted molar refractivity (Wildman–Crippen MR) is 119 cm³/mol. The number of fused-ring (bicyclic) bond motifs is 3. The quantitative estimate of drug-likeness (QED) is 0.550. The zero-order valence-corrected chi connectivity index (χ0v) is 18.4. The summed E-state index contributed by atoms with van der Waals surface area (Å²) in [5.74, 6) is -0.0325. The summed E-state index contributed by atoms with van der Waals surface area (Å²) >= 11 is 6.16. The van der Waals surface area contributed by atoms with Crippen molar-refractivity contribution in [1.82, 2.24) is 4.98 Å². The van der Waals surface area contributed by atoms with Crippen LogP contribution in [0.1, 0.15) is 41.6 Å². The molecule has 3 unspecified atom stereocenters. The van der Waals surface area contributed by atoms with E-state index in [1.54, 1.807) is 37.3 Å². The van der Waals surface area contributed by atoms with Crippen LogP contribution in [-0.4, -0.2) is 33.0 Å². The fourth-order valence-electron chi connectivity index (χ4n) is 5.16. The number of ether oxygens (including phenoxy) is 1. The molecular formula is C25H23ClN2O4. The molecule has 3 aromatic rings. The van der Waals surface area contributed by atoms with E-state index >= 15 is 0 Å². The summed E-state index contributed by atoms with van der Waals surface area (Å²) < 4.78 is 6.52. The Morgan fingerprint density at radius 2 is 1.75 bits per heavy atom. The second-order valence-electron chi connectivity index (χ2n) is 8.18. The van der Waals surface area contributed by atoms with Gasteiger partial charge in [0.05, 0.1) is 16.7 Å². The van der Waals surface area contributed by atoms with Gasteiger partial charge < -0.3 is 20.1 Å². The lowest BCUT2D eigenvalue weighted by Crippen LogP contribution is -2.56. The molecule has 32 heavy (non-hydrogen) atoms. The van der Waals surface area contributed by atoms with Crippen LogP contribution in [0.5, 0.6) is 5.75 Å². The molecule has 6 nitrogen and oxygen atoms in total. The normalized spacial score (nSPS) is 29.7. The maximum Gasteiger partial charge on any atom is 0.183 e. The van der Waals surface area contributed by atoms with Gasteiger partial charge in [0, 0.05) is 25.3 Å². The Morgan fingerprint density at radius 1 is 1.09 bits per heavy atom. The second kappa shape index (κ2) is 7.88. The van der Waals surface area contributed by atoms with Gasteiger partial charge in [-0.3, -0.25) is 4.98 Å². The third-order valence-electron chi connectivity index (χ3n) is 6.49. The highest BCUT2D eigenvalue weighted by molar-refractivity contribution is 6.30. The number of aliphatic hydroxyl groups is 3. The average Bonchev–Trinajstić information content (AvgIpc) is 3.18. The number of nitriles is 1. The van der Waals surface area contributed by atoms with Gasteiger partial charge in [-0.25, -0.2) is 0 Å². The number of nitrogens with zero attached hydrogens (tertiary/aromatic N) is 2. The molecule has 0 radical (unpaired) electrons. The Morgan fingerprint density at radius 3 is 2.38 bits per heavy atom. The van der Waals surface area contributed by atoms with Crippen LogP contribution in [0.4, 0.5) is 0 Å². The molecular weight excluding hydrogens is 428 g/mol. The first-order valence-corrected chi connectivity index (χ1v) is 10.5. The van der Waals surface area contributed by atoms with Crippen molar-refractivity contribution in [3.05, 3.63) is 94.3 Å². The number of halogens is 1. The first-order valence-electron chi connectivity index (χ1n) is 10.1. The van der Waals surface area contributed by atoms with Crippen LogP contribution >= 0.6 is 11.6 Å². The number of hydrogen-bond acceptors (Lipinski definition) is 6. The van der Waals surface area contributed by atoms with Gasteiger partial charge >= 0.3 is 0 Å². The van der Waals surface area contributed by atoms with Crippen LogP contribution in [0, 0.1) is 11.3 Å². The van der Waals surface area contributed by atoms with Crippen LogP contribution in [-0.2, 0) is 11.2 Å². The Hall–Kier alpha value is -2.95. The molecule has 0 spiro atoms. The summed E-state index contributed by atoms with van der Waals surface area (Å²) in [6.45, 7) is 1.61. The van der Waals surface area contributed by atoms with E-state index in [9.17, 15) is 15.5 Å². The van der Waals surface area contributed by atoms with Gasteiger partial charge in [0.2, 0.25) is 0 Å². The fraction of sp³-hybridized carbons (Fsp3) is 0.280. The molecule has 2 aliphatic rings. The van der Waals surface area contributed by atoms with Crippen molar-refractivity contribution in [3.63, 3.8) is 0 Å². The zero-order valence-electron chi connectivity index (χ0n) is 17.7. The first-order chi connectivity index (χ1) is 15.3. The van der Waals surface area contributed by atoms with Crippen LogP contribution in [0.2, 0.25) is 5.02 Å². The monoisotopic (exact) mass is 450 g/mol. The molecule has 1 aromatic heterocycles. The molecule has 0 saturated heterocycles. The van der Waals surface area contributed by atoms with Gasteiger partial charge in [0.15, 0.2) is 11.2 Å². The van der Waals surface area contributed by atoms with E-state index in [2.05, 4.69) is 11.1 Å².